The van der Waals surface area contributed by atoms with Crippen molar-refractivity contribution in [3.05, 3.63) is 180 Å². The fraction of sp³-hybridized carbons (Fsp3) is 0.0714. The van der Waals surface area contributed by atoms with Crippen molar-refractivity contribution in [2.24, 2.45) is 0 Å². The van der Waals surface area contributed by atoms with E-state index in [4.69, 9.17) is 0 Å². The van der Waals surface area contributed by atoms with Gasteiger partial charge in [-0.25, -0.2) is 0 Å². The van der Waals surface area contributed by atoms with Crippen molar-refractivity contribution >= 4 is 86.2 Å². The Bertz CT molecular complexity index is 3440. The van der Waals surface area contributed by atoms with Crippen molar-refractivity contribution in [2.45, 2.75) is 25.7 Å². The second-order valence-corrected chi connectivity index (χ2v) is 16.5. The zero-order valence-corrected chi connectivity index (χ0v) is 32.6. The molecule has 0 heterocycles. The number of rotatable bonds is 7. The van der Waals surface area contributed by atoms with Crippen LogP contribution < -0.4 is 0 Å². The second kappa shape index (κ2) is 13.0. The van der Waals surface area contributed by atoms with E-state index >= 15 is 0 Å². The number of aromatic hydroxyl groups is 4. The van der Waals surface area contributed by atoms with Gasteiger partial charge in [0, 0.05) is 11.1 Å². The van der Waals surface area contributed by atoms with Crippen molar-refractivity contribution in [3.8, 4) is 34.1 Å². The van der Waals surface area contributed by atoms with Crippen LogP contribution in [0.15, 0.2) is 158 Å². The van der Waals surface area contributed by atoms with Gasteiger partial charge in [-0.15, -0.1) is 0 Å². The molecule has 0 aliphatic carbocycles. The number of aryl methyl sites for hydroxylation is 4. The maximum absolute atomic E-state index is 11.5. The van der Waals surface area contributed by atoms with Gasteiger partial charge in [-0.2, -0.15) is 0 Å². The molecule has 0 aliphatic rings. The summed E-state index contributed by atoms with van der Waals surface area (Å²) in [6.07, 6.45) is 3.20. The number of phenolic OH excluding ortho intramolecular Hbond substituents is 4. The van der Waals surface area contributed by atoms with Crippen molar-refractivity contribution in [1.29, 1.82) is 0 Å². The van der Waals surface area contributed by atoms with Gasteiger partial charge >= 0.3 is 0 Å². The van der Waals surface area contributed by atoms with E-state index < -0.39 is 0 Å². The maximum Gasteiger partial charge on any atom is 0.166 e. The lowest BCUT2D eigenvalue weighted by Gasteiger charge is -2.17. The third-order valence-corrected chi connectivity index (χ3v) is 13.2. The lowest BCUT2D eigenvalue weighted by atomic mass is 9.88. The number of hydrogen-bond acceptors (Lipinski definition) is 4. The molecule has 60 heavy (non-hydrogen) atoms. The zero-order chi connectivity index (χ0) is 40.2. The fourth-order valence-electron chi connectivity index (χ4n) is 10.3. The number of benzene rings is 12. The van der Waals surface area contributed by atoms with E-state index in [9.17, 15) is 20.4 Å². The lowest BCUT2D eigenvalue weighted by molar-refractivity contribution is 0.401. The molecule has 0 aliphatic heterocycles. The summed E-state index contributed by atoms with van der Waals surface area (Å²) >= 11 is 0. The predicted octanol–water partition coefficient (Wildman–Crippen LogP) is 13.8. The highest BCUT2D eigenvalue weighted by molar-refractivity contribution is 6.24. The molecular weight excluding hydrogens is 737 g/mol. The first-order chi connectivity index (χ1) is 29.4. The van der Waals surface area contributed by atoms with E-state index in [0.717, 1.165) is 47.6 Å². The summed E-state index contributed by atoms with van der Waals surface area (Å²) in [6, 6.07) is 54.9. The van der Waals surface area contributed by atoms with Crippen LogP contribution in [0.3, 0.4) is 0 Å². The largest absolute Gasteiger partial charge is 0.504 e. The summed E-state index contributed by atoms with van der Waals surface area (Å²) in [5, 5.41) is 63.3. The summed E-state index contributed by atoms with van der Waals surface area (Å²) in [7, 11) is 0. The molecule has 0 bridgehead atoms. The van der Waals surface area contributed by atoms with Crippen LogP contribution in [-0.2, 0) is 25.7 Å². The fourth-order valence-corrected chi connectivity index (χ4v) is 10.3. The molecule has 12 aromatic rings. The minimum Gasteiger partial charge on any atom is -0.504 e. The normalized spacial score (nSPS) is 12.2. The van der Waals surface area contributed by atoms with Crippen LogP contribution in [0, 0.1) is 0 Å². The van der Waals surface area contributed by atoms with E-state index in [1.807, 2.05) is 24.3 Å². The quantitative estimate of drug-likeness (QED) is 0.0960. The van der Waals surface area contributed by atoms with Crippen LogP contribution in [0.4, 0.5) is 0 Å². The first-order valence-corrected chi connectivity index (χ1v) is 20.6. The van der Waals surface area contributed by atoms with Crippen LogP contribution in [0.25, 0.3) is 97.3 Å². The molecule has 0 radical (unpaired) electrons. The summed E-state index contributed by atoms with van der Waals surface area (Å²) in [4.78, 5) is 0. The Morgan fingerprint density at radius 3 is 1.05 bits per heavy atom. The van der Waals surface area contributed by atoms with Gasteiger partial charge < -0.3 is 20.4 Å². The van der Waals surface area contributed by atoms with Crippen molar-refractivity contribution < 1.29 is 20.4 Å². The van der Waals surface area contributed by atoms with Gasteiger partial charge in [0.25, 0.3) is 0 Å². The average Bonchev–Trinajstić information content (AvgIpc) is 3.27. The molecule has 0 amide bonds. The van der Waals surface area contributed by atoms with Gasteiger partial charge in [-0.05, 0) is 146 Å². The van der Waals surface area contributed by atoms with Crippen molar-refractivity contribution in [2.75, 3.05) is 0 Å². The molecular formula is C56H38O4. The van der Waals surface area contributed by atoms with Crippen LogP contribution in [0.5, 0.6) is 23.0 Å². The molecule has 0 saturated heterocycles. The van der Waals surface area contributed by atoms with Crippen LogP contribution >= 0.6 is 0 Å². The monoisotopic (exact) mass is 774 g/mol. The lowest BCUT2D eigenvalue weighted by Crippen LogP contribution is -1.96. The van der Waals surface area contributed by atoms with E-state index in [2.05, 4.69) is 121 Å². The molecule has 4 nitrogen and oxygen atoms in total. The van der Waals surface area contributed by atoms with Crippen LogP contribution in [-0.4, -0.2) is 20.4 Å². The first-order valence-electron chi connectivity index (χ1n) is 20.6. The third-order valence-electron chi connectivity index (χ3n) is 13.2. The molecule has 12 aromatic carbocycles. The number of hydrogen-bond donors (Lipinski definition) is 4. The Labute approximate surface area is 345 Å². The third kappa shape index (κ3) is 5.17. The highest BCUT2D eigenvalue weighted by atomic mass is 16.3. The van der Waals surface area contributed by atoms with E-state index in [-0.39, 0.29) is 34.1 Å². The maximum atomic E-state index is 11.5. The number of fused-ring (bicyclic) bond motifs is 2. The highest BCUT2D eigenvalue weighted by Gasteiger charge is 2.23. The molecule has 0 saturated carbocycles. The SMILES string of the molecule is Oc1cc2cc(CCc3ccc4ccc5cccc6ccc3c4c56)ccc2c(-c2c(O)c(O)cc3cc(CCc4ccc5ccc6cccc7ccc4c5c67)ccc23)c1O. The molecule has 0 spiro atoms. The van der Waals surface area contributed by atoms with Crippen LogP contribution in [0.2, 0.25) is 0 Å². The average molecular weight is 775 g/mol. The highest BCUT2D eigenvalue weighted by Crippen LogP contribution is 2.51. The summed E-state index contributed by atoms with van der Waals surface area (Å²) in [6.45, 7) is 0. The zero-order valence-electron chi connectivity index (χ0n) is 32.6. The molecule has 0 fully saturated rings. The Balaban J connectivity index is 0.883. The molecule has 12 rings (SSSR count). The van der Waals surface area contributed by atoms with E-state index in [1.165, 1.54) is 75.8 Å². The van der Waals surface area contributed by atoms with Gasteiger partial charge in [0.2, 0.25) is 0 Å². The van der Waals surface area contributed by atoms with Crippen molar-refractivity contribution in [1.82, 2.24) is 0 Å². The minimum atomic E-state index is -0.343. The standard InChI is InChI=1S/C56H38O4/c57-47-29-41-27-31(7-11-33-13-15-39-19-17-35-3-1-5-37-21-25-43(33)51(39)49(35)37)9-23-45(41)53(55(47)59)54-46-24-10-32(28-42(46)30-48(58)56(54)60)8-12-34-14-16-40-20-18-36-4-2-6-38-22-26-44(34)52(40)50(36)38/h1-6,9-10,13-30,57-60H,7-8,11-12H2. The molecule has 4 heteroatoms. The molecule has 0 atom stereocenters. The smallest absolute Gasteiger partial charge is 0.166 e. The summed E-state index contributed by atoms with van der Waals surface area (Å²) < 4.78 is 0. The summed E-state index contributed by atoms with van der Waals surface area (Å²) in [5.74, 6) is -1.27. The van der Waals surface area contributed by atoms with Gasteiger partial charge in [-0.1, -0.05) is 146 Å². The van der Waals surface area contributed by atoms with E-state index in [1.54, 1.807) is 12.1 Å². The second-order valence-electron chi connectivity index (χ2n) is 16.5. The Kier molecular flexibility index (Phi) is 7.45. The van der Waals surface area contributed by atoms with Gasteiger partial charge in [0.1, 0.15) is 0 Å². The van der Waals surface area contributed by atoms with Crippen LogP contribution in [0.1, 0.15) is 22.3 Å². The molecule has 0 unspecified atom stereocenters. The van der Waals surface area contributed by atoms with Crippen molar-refractivity contribution in [3.63, 3.8) is 0 Å². The first kappa shape index (κ1) is 34.5. The topological polar surface area (TPSA) is 80.9 Å². The Morgan fingerprint density at radius 1 is 0.283 bits per heavy atom. The predicted molar refractivity (Wildman–Crippen MR) is 249 cm³/mol. The van der Waals surface area contributed by atoms with Gasteiger partial charge in [0.05, 0.1) is 0 Å². The molecule has 0 aromatic heterocycles. The van der Waals surface area contributed by atoms with E-state index in [0.29, 0.717) is 10.8 Å². The Morgan fingerprint density at radius 2 is 0.633 bits per heavy atom. The van der Waals surface area contributed by atoms with Gasteiger partial charge in [-0.3, -0.25) is 0 Å². The summed E-state index contributed by atoms with van der Waals surface area (Å²) in [5.41, 5.74) is 5.29. The molecule has 4 N–H and O–H groups in total. The number of phenols is 4. The minimum absolute atomic E-state index is 0.281. The van der Waals surface area contributed by atoms with Gasteiger partial charge in [0.15, 0.2) is 23.0 Å². The Hall–Kier alpha value is -7.56. The molecule has 286 valence electrons.